The maximum atomic E-state index is 12.8. The van der Waals surface area contributed by atoms with Gasteiger partial charge in [-0.05, 0) is 50.8 Å². The third-order valence-electron chi connectivity index (χ3n) is 3.65. The molecule has 0 heterocycles. The van der Waals surface area contributed by atoms with E-state index in [-0.39, 0.29) is 6.54 Å². The molecule has 1 amide bonds. The fourth-order valence-electron chi connectivity index (χ4n) is 2.29. The molecule has 1 saturated carbocycles. The maximum absolute atomic E-state index is 12.8. The molecular formula is C18H26ClFN2O2. The van der Waals surface area contributed by atoms with Crippen molar-refractivity contribution in [2.45, 2.75) is 58.3 Å². The number of nitrogens with zero attached hydrogens (tertiary/aromatic N) is 1. The highest BCUT2D eigenvalue weighted by molar-refractivity contribution is 6.31. The maximum Gasteiger partial charge on any atom is 0.410 e. The largest absolute Gasteiger partial charge is 0.444 e. The normalized spacial score (nSPS) is 14.5. The first-order chi connectivity index (χ1) is 11.3. The van der Waals surface area contributed by atoms with Gasteiger partial charge in [0.2, 0.25) is 0 Å². The number of carbonyl (C=O) groups is 1. The van der Waals surface area contributed by atoms with E-state index < -0.39 is 18.4 Å². The lowest BCUT2D eigenvalue weighted by molar-refractivity contribution is 0.0222. The molecule has 1 aromatic carbocycles. The standard InChI is InChI=1S/C18H26ClFN2O2/c1-18(2,3)24-17(23)22(9-8-20)12-13-4-7-16(19)14(10-13)11-21-15-5-6-15/h4,7,10,15,21H,5-6,8-9,11-12H2,1-3H3. The van der Waals surface area contributed by atoms with Gasteiger partial charge in [-0.15, -0.1) is 0 Å². The molecular weight excluding hydrogens is 331 g/mol. The summed E-state index contributed by atoms with van der Waals surface area (Å²) in [7, 11) is 0. The number of hydrogen-bond acceptors (Lipinski definition) is 3. The number of hydrogen-bond donors (Lipinski definition) is 1. The van der Waals surface area contributed by atoms with Crippen LogP contribution >= 0.6 is 11.6 Å². The van der Waals surface area contributed by atoms with Crippen molar-refractivity contribution in [3.8, 4) is 0 Å². The van der Waals surface area contributed by atoms with Crippen LogP contribution in [-0.4, -0.2) is 35.9 Å². The zero-order chi connectivity index (χ0) is 17.7. The molecule has 0 spiro atoms. The summed E-state index contributed by atoms with van der Waals surface area (Å²) < 4.78 is 18.2. The quantitative estimate of drug-likeness (QED) is 0.792. The molecule has 0 unspecified atom stereocenters. The monoisotopic (exact) mass is 356 g/mol. The highest BCUT2D eigenvalue weighted by Gasteiger charge is 2.23. The molecule has 0 radical (unpaired) electrons. The molecule has 2 rings (SSSR count). The van der Waals surface area contributed by atoms with Crippen LogP contribution < -0.4 is 5.32 Å². The first-order valence-electron chi connectivity index (χ1n) is 8.33. The average molecular weight is 357 g/mol. The van der Waals surface area contributed by atoms with Crippen LogP contribution in [0.3, 0.4) is 0 Å². The van der Waals surface area contributed by atoms with Gasteiger partial charge in [0.05, 0.1) is 6.54 Å². The van der Waals surface area contributed by atoms with Crippen LogP contribution in [0.15, 0.2) is 18.2 Å². The van der Waals surface area contributed by atoms with Crippen molar-refractivity contribution in [3.63, 3.8) is 0 Å². The summed E-state index contributed by atoms with van der Waals surface area (Å²) in [6, 6.07) is 6.24. The van der Waals surface area contributed by atoms with E-state index in [0.717, 1.165) is 11.1 Å². The van der Waals surface area contributed by atoms with Crippen LogP contribution in [0.2, 0.25) is 5.02 Å². The first-order valence-corrected chi connectivity index (χ1v) is 8.71. The molecule has 0 aliphatic heterocycles. The minimum absolute atomic E-state index is 0.00714. The fourth-order valence-corrected chi connectivity index (χ4v) is 2.47. The summed E-state index contributed by atoms with van der Waals surface area (Å²) in [5.74, 6) is 0. The van der Waals surface area contributed by atoms with Gasteiger partial charge in [-0.3, -0.25) is 0 Å². The zero-order valence-electron chi connectivity index (χ0n) is 14.6. The van der Waals surface area contributed by atoms with Crippen LogP contribution in [0.25, 0.3) is 0 Å². The zero-order valence-corrected chi connectivity index (χ0v) is 15.3. The molecule has 6 heteroatoms. The van der Waals surface area contributed by atoms with E-state index in [1.165, 1.54) is 17.7 Å². The summed E-state index contributed by atoms with van der Waals surface area (Å²) >= 11 is 6.24. The first kappa shape index (κ1) is 19.0. The lowest BCUT2D eigenvalue weighted by atomic mass is 10.1. The Morgan fingerprint density at radius 3 is 2.71 bits per heavy atom. The van der Waals surface area contributed by atoms with Crippen LogP contribution in [0, 0.1) is 0 Å². The van der Waals surface area contributed by atoms with Gasteiger partial charge in [0.1, 0.15) is 12.3 Å². The lowest BCUT2D eigenvalue weighted by Crippen LogP contribution is -2.37. The minimum Gasteiger partial charge on any atom is -0.444 e. The van der Waals surface area contributed by atoms with E-state index in [4.69, 9.17) is 16.3 Å². The van der Waals surface area contributed by atoms with Crippen molar-refractivity contribution >= 4 is 17.7 Å². The molecule has 1 N–H and O–H groups in total. The van der Waals surface area contributed by atoms with Crippen molar-refractivity contribution in [3.05, 3.63) is 34.3 Å². The number of halogens is 2. The number of amides is 1. The third kappa shape index (κ3) is 6.29. The fraction of sp³-hybridized carbons (Fsp3) is 0.611. The van der Waals surface area contributed by atoms with E-state index in [1.807, 2.05) is 18.2 Å². The Morgan fingerprint density at radius 1 is 1.42 bits per heavy atom. The van der Waals surface area contributed by atoms with Crippen LogP contribution in [-0.2, 0) is 17.8 Å². The second-order valence-electron chi connectivity index (χ2n) is 7.17. The number of ether oxygens (including phenoxy) is 1. The molecule has 0 aromatic heterocycles. The van der Waals surface area contributed by atoms with E-state index in [0.29, 0.717) is 24.2 Å². The van der Waals surface area contributed by atoms with E-state index in [1.54, 1.807) is 20.8 Å². The summed E-state index contributed by atoms with van der Waals surface area (Å²) in [5, 5.41) is 4.12. The Labute approximate surface area is 148 Å². The smallest absolute Gasteiger partial charge is 0.410 e. The summed E-state index contributed by atoms with van der Waals surface area (Å²) in [4.78, 5) is 13.6. The van der Waals surface area contributed by atoms with Crippen molar-refractivity contribution in [1.82, 2.24) is 10.2 Å². The van der Waals surface area contributed by atoms with Crippen LogP contribution in [0.4, 0.5) is 9.18 Å². The highest BCUT2D eigenvalue weighted by Crippen LogP contribution is 2.23. The Bertz CT molecular complexity index is 571. The molecule has 0 atom stereocenters. The Balaban J connectivity index is 2.04. The number of nitrogens with one attached hydrogen (secondary N) is 1. The average Bonchev–Trinajstić information content (AvgIpc) is 3.29. The SMILES string of the molecule is CC(C)(C)OC(=O)N(CCF)Cc1ccc(Cl)c(CNC2CC2)c1. The number of rotatable bonds is 7. The van der Waals surface area contributed by atoms with Crippen LogP contribution in [0.1, 0.15) is 44.7 Å². The molecule has 0 saturated heterocycles. The molecule has 1 aliphatic carbocycles. The molecule has 1 aliphatic rings. The highest BCUT2D eigenvalue weighted by atomic mass is 35.5. The van der Waals surface area contributed by atoms with Gasteiger partial charge in [0.15, 0.2) is 0 Å². The summed E-state index contributed by atoms with van der Waals surface area (Å²) in [6.45, 7) is 5.78. The third-order valence-corrected chi connectivity index (χ3v) is 4.02. The number of benzene rings is 1. The lowest BCUT2D eigenvalue weighted by Gasteiger charge is -2.27. The molecule has 4 nitrogen and oxygen atoms in total. The van der Waals surface area contributed by atoms with Gasteiger partial charge in [-0.2, -0.15) is 0 Å². The predicted octanol–water partition coefficient (Wildman–Crippen LogP) is 4.30. The van der Waals surface area contributed by atoms with Crippen molar-refractivity contribution in [1.29, 1.82) is 0 Å². The van der Waals surface area contributed by atoms with E-state index in [9.17, 15) is 9.18 Å². The van der Waals surface area contributed by atoms with Gasteiger partial charge in [0, 0.05) is 24.2 Å². The van der Waals surface area contributed by atoms with Gasteiger partial charge < -0.3 is 15.0 Å². The van der Waals surface area contributed by atoms with Crippen molar-refractivity contribution < 1.29 is 13.9 Å². The van der Waals surface area contributed by atoms with Crippen molar-refractivity contribution in [2.24, 2.45) is 0 Å². The molecule has 1 aromatic rings. The van der Waals surface area contributed by atoms with Gasteiger partial charge >= 0.3 is 6.09 Å². The van der Waals surface area contributed by atoms with Gasteiger partial charge in [0.25, 0.3) is 0 Å². The molecule has 0 bridgehead atoms. The Morgan fingerprint density at radius 2 is 2.12 bits per heavy atom. The predicted molar refractivity (Wildman–Crippen MR) is 93.9 cm³/mol. The summed E-state index contributed by atoms with van der Waals surface area (Å²) in [5.41, 5.74) is 1.29. The minimum atomic E-state index is -0.608. The van der Waals surface area contributed by atoms with Gasteiger partial charge in [-0.25, -0.2) is 9.18 Å². The van der Waals surface area contributed by atoms with Crippen molar-refractivity contribution in [2.75, 3.05) is 13.2 Å². The second-order valence-corrected chi connectivity index (χ2v) is 7.58. The van der Waals surface area contributed by atoms with E-state index >= 15 is 0 Å². The molecule has 134 valence electrons. The van der Waals surface area contributed by atoms with Crippen LogP contribution in [0.5, 0.6) is 0 Å². The van der Waals surface area contributed by atoms with Gasteiger partial charge in [-0.1, -0.05) is 23.7 Å². The number of alkyl halides is 1. The Hall–Kier alpha value is -1.33. The topological polar surface area (TPSA) is 41.6 Å². The van der Waals surface area contributed by atoms with E-state index in [2.05, 4.69) is 5.32 Å². The Kier molecular flexibility index (Phi) is 6.47. The number of carbonyl (C=O) groups excluding carboxylic acids is 1. The molecule has 24 heavy (non-hydrogen) atoms. The second kappa shape index (κ2) is 8.17. The molecule has 1 fully saturated rings. The summed E-state index contributed by atoms with van der Waals surface area (Å²) in [6.07, 6.45) is 1.91.